The lowest BCUT2D eigenvalue weighted by molar-refractivity contribution is -0.134. The first-order valence-electron chi connectivity index (χ1n) is 10.2. The minimum atomic E-state index is -0.148. The molecule has 0 aromatic heterocycles. The van der Waals surface area contributed by atoms with Crippen LogP contribution in [0.1, 0.15) is 32.6 Å². The van der Waals surface area contributed by atoms with Crippen LogP contribution in [0, 0.1) is 8.99 Å². The molecule has 2 atom stereocenters. The van der Waals surface area contributed by atoms with E-state index in [0.717, 1.165) is 57.8 Å². The van der Waals surface area contributed by atoms with E-state index in [4.69, 9.17) is 0 Å². The van der Waals surface area contributed by atoms with Crippen LogP contribution >= 0.6 is 22.6 Å². The first-order valence-corrected chi connectivity index (χ1v) is 11.3. The molecule has 0 bridgehead atoms. The van der Waals surface area contributed by atoms with E-state index in [1.807, 2.05) is 11.8 Å². The molecule has 1 N–H and O–H groups in total. The number of piperazine rings is 1. The van der Waals surface area contributed by atoms with Crippen LogP contribution in [0.15, 0.2) is 24.3 Å². The number of anilines is 1. The predicted molar refractivity (Wildman–Crippen MR) is 116 cm³/mol. The number of benzene rings is 1. The summed E-state index contributed by atoms with van der Waals surface area (Å²) in [5.41, 5.74) is 1.41. The van der Waals surface area contributed by atoms with Crippen LogP contribution in [0.25, 0.3) is 0 Å². The van der Waals surface area contributed by atoms with Crippen molar-refractivity contribution in [1.29, 1.82) is 0 Å². The largest absolute Gasteiger partial charge is 0.391 e. The third-order valence-corrected chi connectivity index (χ3v) is 7.42. The van der Waals surface area contributed by atoms with Crippen molar-refractivity contribution in [3.8, 4) is 0 Å². The summed E-state index contributed by atoms with van der Waals surface area (Å²) in [5, 5.41) is 10.3. The highest BCUT2D eigenvalue weighted by molar-refractivity contribution is 14.1. The highest BCUT2D eigenvalue weighted by Crippen LogP contribution is 2.53. The molecular weight excluding hydrogens is 453 g/mol. The molecule has 0 radical (unpaired) electrons. The first-order chi connectivity index (χ1) is 13.0. The molecule has 1 saturated carbocycles. The number of aliphatic hydroxyl groups excluding tert-OH is 1. The Morgan fingerprint density at radius 2 is 2.00 bits per heavy atom. The molecule has 1 aromatic rings. The van der Waals surface area contributed by atoms with E-state index in [2.05, 4.69) is 56.7 Å². The summed E-state index contributed by atoms with van der Waals surface area (Å²) in [6, 6.07) is 8.27. The number of hydrogen-bond acceptors (Lipinski definition) is 4. The zero-order valence-electron chi connectivity index (χ0n) is 16.1. The lowest BCUT2D eigenvalue weighted by atomic mass is 9.90. The van der Waals surface area contributed by atoms with Gasteiger partial charge in [0.15, 0.2) is 0 Å². The van der Waals surface area contributed by atoms with Crippen LogP contribution in [-0.2, 0) is 4.79 Å². The maximum Gasteiger partial charge on any atom is 0.245 e. The van der Waals surface area contributed by atoms with E-state index >= 15 is 0 Å². The smallest absolute Gasteiger partial charge is 0.245 e. The fraction of sp³-hybridized carbons (Fsp3) is 0.667. The summed E-state index contributed by atoms with van der Waals surface area (Å²) in [7, 11) is 0. The highest BCUT2D eigenvalue weighted by atomic mass is 127. The zero-order chi connectivity index (χ0) is 19.0. The van der Waals surface area contributed by atoms with Crippen molar-refractivity contribution in [3.05, 3.63) is 27.8 Å². The van der Waals surface area contributed by atoms with Crippen molar-refractivity contribution >= 4 is 34.2 Å². The summed E-state index contributed by atoms with van der Waals surface area (Å²) in [6.07, 6.45) is 4.39. The van der Waals surface area contributed by atoms with Crippen LogP contribution in [-0.4, -0.2) is 72.2 Å². The molecule has 2 heterocycles. The fourth-order valence-corrected chi connectivity index (χ4v) is 5.19. The zero-order valence-corrected chi connectivity index (χ0v) is 18.3. The van der Waals surface area contributed by atoms with Crippen molar-refractivity contribution < 1.29 is 9.90 Å². The van der Waals surface area contributed by atoms with Gasteiger partial charge < -0.3 is 19.8 Å². The van der Waals surface area contributed by atoms with Crippen LogP contribution < -0.4 is 4.90 Å². The quantitative estimate of drug-likeness (QED) is 0.655. The maximum absolute atomic E-state index is 12.9. The highest BCUT2D eigenvalue weighted by Gasteiger charge is 2.51. The Balaban J connectivity index is 1.25. The minimum absolute atomic E-state index is 0.108. The van der Waals surface area contributed by atoms with E-state index in [9.17, 15) is 9.90 Å². The van der Waals surface area contributed by atoms with Gasteiger partial charge in [-0.2, -0.15) is 0 Å². The van der Waals surface area contributed by atoms with Crippen molar-refractivity contribution in [3.63, 3.8) is 0 Å². The number of carbonyl (C=O) groups is 1. The maximum atomic E-state index is 12.9. The Labute approximate surface area is 175 Å². The normalized spacial score (nSPS) is 28.0. The molecule has 4 rings (SSSR count). The second-order valence-electron chi connectivity index (χ2n) is 8.46. The van der Waals surface area contributed by atoms with E-state index in [0.29, 0.717) is 0 Å². The Morgan fingerprint density at radius 3 is 2.70 bits per heavy atom. The van der Waals surface area contributed by atoms with Gasteiger partial charge in [0.25, 0.3) is 0 Å². The average Bonchev–Trinajstić information content (AvgIpc) is 3.43. The van der Waals surface area contributed by atoms with Crippen LogP contribution in [0.2, 0.25) is 0 Å². The van der Waals surface area contributed by atoms with E-state index in [-0.39, 0.29) is 23.5 Å². The second-order valence-corrected chi connectivity index (χ2v) is 9.70. The molecule has 27 heavy (non-hydrogen) atoms. The van der Waals surface area contributed by atoms with Crippen molar-refractivity contribution in [2.45, 2.75) is 44.8 Å². The number of nitrogens with zero attached hydrogens (tertiary/aromatic N) is 3. The molecule has 3 aliphatic rings. The number of β-amino-alcohol motifs (C(OH)–C–C–N with tert-alkyl or cyclic N) is 1. The van der Waals surface area contributed by atoms with Gasteiger partial charge in [0.1, 0.15) is 6.04 Å². The molecule has 6 heteroatoms. The van der Waals surface area contributed by atoms with Crippen LogP contribution in [0.5, 0.6) is 0 Å². The molecule has 3 fully saturated rings. The predicted octanol–water partition coefficient (Wildman–Crippen LogP) is 2.57. The van der Waals surface area contributed by atoms with Gasteiger partial charge in [0, 0.05) is 35.4 Å². The molecule has 148 valence electrons. The summed E-state index contributed by atoms with van der Waals surface area (Å²) in [4.78, 5) is 19.5. The van der Waals surface area contributed by atoms with Gasteiger partial charge in [-0.3, -0.25) is 4.79 Å². The average molecular weight is 483 g/mol. The summed E-state index contributed by atoms with van der Waals surface area (Å²) < 4.78 is 1.20. The van der Waals surface area contributed by atoms with Gasteiger partial charge in [0.05, 0.1) is 6.10 Å². The van der Waals surface area contributed by atoms with Gasteiger partial charge in [-0.1, -0.05) is 6.07 Å². The Kier molecular flexibility index (Phi) is 5.67. The van der Waals surface area contributed by atoms with Crippen molar-refractivity contribution in [2.24, 2.45) is 5.41 Å². The van der Waals surface area contributed by atoms with E-state index in [1.54, 1.807) is 0 Å². The number of likely N-dealkylation sites (tertiary alicyclic amines) is 1. The van der Waals surface area contributed by atoms with Crippen molar-refractivity contribution in [2.75, 3.05) is 44.2 Å². The minimum Gasteiger partial charge on any atom is -0.391 e. The Hall–Kier alpha value is -0.860. The number of aliphatic hydroxyl groups is 1. The molecule has 2 saturated heterocycles. The molecule has 1 aliphatic carbocycles. The number of carbonyl (C=O) groups excluding carboxylic acids is 1. The summed E-state index contributed by atoms with van der Waals surface area (Å²) in [6.45, 7) is 7.41. The Morgan fingerprint density at radius 1 is 1.19 bits per heavy atom. The molecule has 5 nitrogen and oxygen atoms in total. The molecule has 1 aromatic carbocycles. The summed E-state index contributed by atoms with van der Waals surface area (Å²) in [5.74, 6) is 0.232. The molecular formula is C21H30IN3O2. The van der Waals surface area contributed by atoms with Gasteiger partial charge in [0.2, 0.25) is 5.91 Å². The SMILES string of the molecule is CC1C(=O)N(CCCN2CCC3(CC3)C(O)C2)CCN1c1cccc(I)c1. The van der Waals surface area contributed by atoms with Gasteiger partial charge in [-0.05, 0) is 91.9 Å². The topological polar surface area (TPSA) is 47.0 Å². The van der Waals surface area contributed by atoms with Crippen LogP contribution in [0.4, 0.5) is 5.69 Å². The second kappa shape index (κ2) is 7.87. The van der Waals surface area contributed by atoms with Gasteiger partial charge in [-0.15, -0.1) is 0 Å². The van der Waals surface area contributed by atoms with Gasteiger partial charge in [-0.25, -0.2) is 0 Å². The fourth-order valence-electron chi connectivity index (χ4n) is 4.67. The number of piperidine rings is 1. The van der Waals surface area contributed by atoms with Crippen LogP contribution in [0.3, 0.4) is 0 Å². The number of halogens is 1. The first kappa shape index (κ1) is 19.5. The van der Waals surface area contributed by atoms with E-state index in [1.165, 1.54) is 16.4 Å². The third kappa shape index (κ3) is 4.12. The lowest BCUT2D eigenvalue weighted by Gasteiger charge is -2.41. The number of rotatable bonds is 5. The molecule has 1 spiro atoms. The molecule has 2 aliphatic heterocycles. The van der Waals surface area contributed by atoms with Gasteiger partial charge >= 0.3 is 0 Å². The monoisotopic (exact) mass is 483 g/mol. The number of amides is 1. The molecule has 1 amide bonds. The van der Waals surface area contributed by atoms with E-state index < -0.39 is 0 Å². The third-order valence-electron chi connectivity index (χ3n) is 6.75. The lowest BCUT2D eigenvalue weighted by Crippen LogP contribution is -2.56. The summed E-state index contributed by atoms with van der Waals surface area (Å²) >= 11 is 2.32. The Bertz CT molecular complexity index is 694. The molecule has 2 unspecified atom stereocenters. The van der Waals surface area contributed by atoms with Crippen molar-refractivity contribution in [1.82, 2.24) is 9.80 Å². The standard InChI is InChI=1S/C21H30IN3O2/c1-16-20(27)24(12-13-25(16)18-5-2-4-17(22)14-18)10-3-9-23-11-8-21(6-7-21)19(26)15-23/h2,4-5,14,16,19,26H,3,6-13,15H2,1H3. The number of hydrogen-bond donors (Lipinski definition) is 1.